The molecule has 3 heteroatoms. The molecule has 0 radical (unpaired) electrons. The molecule has 0 saturated carbocycles. The van der Waals surface area contributed by atoms with E-state index in [-0.39, 0.29) is 15.0 Å². The smallest absolute Gasteiger partial charge is 0.0765 e. The van der Waals surface area contributed by atoms with E-state index in [2.05, 4.69) is 0 Å². The summed E-state index contributed by atoms with van der Waals surface area (Å²) in [6.07, 6.45) is 0.278. The number of nitrogens with zero attached hydrogens (tertiary/aromatic N) is 1. The van der Waals surface area contributed by atoms with E-state index in [4.69, 9.17) is 10.2 Å². The zero-order valence-corrected chi connectivity index (χ0v) is 3.60. The van der Waals surface area contributed by atoms with Crippen molar-refractivity contribution in [1.29, 1.82) is 5.26 Å². The minimum absolute atomic E-state index is 0.203. The van der Waals surface area contributed by atoms with Crippen LogP contribution in [0.4, 0.5) is 0 Å². The van der Waals surface area contributed by atoms with Gasteiger partial charge < -0.3 is 4.89 Å². The first-order chi connectivity index (χ1) is 2.41. The van der Waals surface area contributed by atoms with Crippen LogP contribution in [0.5, 0.6) is 0 Å². The third-order valence-electron chi connectivity index (χ3n) is 0.158. The average molecular weight is 89.0 g/mol. The molecule has 0 aliphatic rings. The van der Waals surface area contributed by atoms with Gasteiger partial charge in [-0.25, -0.2) is 0 Å². The lowest BCUT2D eigenvalue weighted by atomic mass is 10.9. The fourth-order valence-corrected chi connectivity index (χ4v) is 0.106. The molecule has 0 aromatic carbocycles. The molecular weight excluding hydrogens is 85.0 g/mol. The predicted molar refractivity (Wildman–Crippen MR) is 21.0 cm³/mol. The Balaban J connectivity index is 2.48. The van der Waals surface area contributed by atoms with Crippen molar-refractivity contribution in [2.45, 2.75) is 0 Å². The van der Waals surface area contributed by atoms with Gasteiger partial charge in [-0.2, -0.15) is 5.26 Å². The van der Waals surface area contributed by atoms with E-state index >= 15 is 0 Å². The van der Waals surface area contributed by atoms with Crippen LogP contribution >= 0.6 is 8.81 Å². The lowest BCUT2D eigenvalue weighted by Crippen LogP contribution is -1.56. The Kier molecular flexibility index (Phi) is 3.79. The molecule has 1 atom stereocenters. The Bertz CT molecular complexity index is 48.1. The lowest BCUT2D eigenvalue weighted by molar-refractivity contribution is 0.649. The van der Waals surface area contributed by atoms with Gasteiger partial charge in [0.05, 0.1) is 12.2 Å². The number of rotatable bonds is 1. The third kappa shape index (κ3) is 3.88. The van der Waals surface area contributed by atoms with Crippen LogP contribution in [0.3, 0.4) is 0 Å². The lowest BCUT2D eigenvalue weighted by Gasteiger charge is -1.67. The van der Waals surface area contributed by atoms with Gasteiger partial charge in [0, 0.05) is 8.81 Å². The van der Waals surface area contributed by atoms with Crippen LogP contribution in [0.2, 0.25) is 0 Å². The normalized spacial score (nSPS) is 8.80. The maximum atomic E-state index is 7.87. The molecule has 28 valence electrons. The highest BCUT2D eigenvalue weighted by Gasteiger charge is 1.66. The van der Waals surface area contributed by atoms with Crippen molar-refractivity contribution in [3.05, 3.63) is 0 Å². The molecule has 0 aliphatic heterocycles. The summed E-state index contributed by atoms with van der Waals surface area (Å²) in [5.74, 6) is 0. The molecule has 0 aromatic rings. The largest absolute Gasteiger partial charge is 0.376 e. The number of hydrogen-bond acceptors (Lipinski definition) is 2. The molecule has 0 rings (SSSR count). The maximum Gasteiger partial charge on any atom is 0.0765 e. The third-order valence-corrected chi connectivity index (χ3v) is 0.474. The molecule has 5 heavy (non-hydrogen) atoms. The van der Waals surface area contributed by atoms with Crippen molar-refractivity contribution in [2.75, 3.05) is 6.16 Å². The van der Waals surface area contributed by atoms with Crippen LogP contribution in [0.25, 0.3) is 0 Å². The Morgan fingerprint density at radius 2 is 2.60 bits per heavy atom. The molecule has 0 bridgehead atoms. The van der Waals surface area contributed by atoms with Crippen LogP contribution in [0, 0.1) is 11.3 Å². The standard InChI is InChI=1S/C2H4NOP/c3-1-2-5-4/h4-5H,2H2. The van der Waals surface area contributed by atoms with Gasteiger partial charge in [0.1, 0.15) is 0 Å². The molecule has 0 fully saturated rings. The average Bonchev–Trinajstić information content (AvgIpc) is 1.41. The van der Waals surface area contributed by atoms with Crippen molar-refractivity contribution in [1.82, 2.24) is 0 Å². The fourth-order valence-electron chi connectivity index (χ4n) is 0.0354. The Hall–Kier alpha value is -0.120. The molecule has 0 amide bonds. The maximum absolute atomic E-state index is 7.87. The van der Waals surface area contributed by atoms with E-state index in [1.807, 2.05) is 0 Å². The number of nitriles is 1. The topological polar surface area (TPSA) is 44.0 Å². The molecule has 0 aliphatic carbocycles. The van der Waals surface area contributed by atoms with Gasteiger partial charge >= 0.3 is 0 Å². The molecule has 1 N–H and O–H groups in total. The molecule has 2 nitrogen and oxygen atoms in total. The first kappa shape index (κ1) is 4.88. The number of hydrogen-bond donors (Lipinski definition) is 1. The minimum Gasteiger partial charge on any atom is -0.376 e. The second-order valence-electron chi connectivity index (χ2n) is 0.493. The van der Waals surface area contributed by atoms with Crippen LogP contribution in [0.1, 0.15) is 0 Å². The molecule has 1 unspecified atom stereocenters. The second-order valence-corrected chi connectivity index (χ2v) is 1.16. The monoisotopic (exact) mass is 89.0 g/mol. The second kappa shape index (κ2) is 3.88. The van der Waals surface area contributed by atoms with E-state index < -0.39 is 0 Å². The van der Waals surface area contributed by atoms with Gasteiger partial charge in [0.2, 0.25) is 0 Å². The van der Waals surface area contributed by atoms with Crippen LogP contribution in [0.15, 0.2) is 0 Å². The Morgan fingerprint density at radius 1 is 2.00 bits per heavy atom. The first-order valence-electron chi connectivity index (χ1n) is 1.15. The molecule has 0 heterocycles. The van der Waals surface area contributed by atoms with Crippen molar-refractivity contribution in [2.24, 2.45) is 0 Å². The molecule has 0 spiro atoms. The van der Waals surface area contributed by atoms with Gasteiger partial charge in [0.25, 0.3) is 0 Å². The molecule has 0 saturated heterocycles. The van der Waals surface area contributed by atoms with Crippen LogP contribution in [-0.2, 0) is 0 Å². The highest BCUT2D eigenvalue weighted by Crippen LogP contribution is 1.94. The van der Waals surface area contributed by atoms with Gasteiger partial charge in [-0.05, 0) is 0 Å². The minimum atomic E-state index is -0.203. The van der Waals surface area contributed by atoms with Crippen molar-refractivity contribution < 1.29 is 4.89 Å². The van der Waals surface area contributed by atoms with E-state index in [0.717, 1.165) is 0 Å². The summed E-state index contributed by atoms with van der Waals surface area (Å²) in [4.78, 5) is 7.87. The SMILES string of the molecule is N#CCPO. The van der Waals surface area contributed by atoms with Crippen molar-refractivity contribution in [3.63, 3.8) is 0 Å². The van der Waals surface area contributed by atoms with Crippen molar-refractivity contribution >= 4 is 8.81 Å². The van der Waals surface area contributed by atoms with Gasteiger partial charge in [-0.3, -0.25) is 0 Å². The van der Waals surface area contributed by atoms with Gasteiger partial charge in [0.15, 0.2) is 0 Å². The van der Waals surface area contributed by atoms with E-state index in [0.29, 0.717) is 0 Å². The molecule has 0 aromatic heterocycles. The summed E-state index contributed by atoms with van der Waals surface area (Å²) in [5, 5.41) is 7.66. The zero-order chi connectivity index (χ0) is 4.12. The van der Waals surface area contributed by atoms with Crippen LogP contribution < -0.4 is 0 Å². The molecular formula is C2H4NOP. The fraction of sp³-hybridized carbons (Fsp3) is 0.500. The van der Waals surface area contributed by atoms with Crippen molar-refractivity contribution in [3.8, 4) is 6.07 Å². The van der Waals surface area contributed by atoms with Gasteiger partial charge in [-0.15, -0.1) is 0 Å². The van der Waals surface area contributed by atoms with E-state index in [1.54, 1.807) is 6.07 Å². The van der Waals surface area contributed by atoms with Crippen LogP contribution in [-0.4, -0.2) is 11.1 Å². The van der Waals surface area contributed by atoms with E-state index in [9.17, 15) is 0 Å². The highest BCUT2D eigenvalue weighted by atomic mass is 31.1. The van der Waals surface area contributed by atoms with Gasteiger partial charge in [-0.1, -0.05) is 0 Å². The Labute approximate surface area is 32.3 Å². The summed E-state index contributed by atoms with van der Waals surface area (Å²) < 4.78 is 0. The summed E-state index contributed by atoms with van der Waals surface area (Å²) in [6.45, 7) is 0. The summed E-state index contributed by atoms with van der Waals surface area (Å²) in [5.41, 5.74) is 0. The van der Waals surface area contributed by atoms with E-state index in [1.165, 1.54) is 0 Å². The summed E-state index contributed by atoms with van der Waals surface area (Å²) in [7, 11) is -0.203. The highest BCUT2D eigenvalue weighted by molar-refractivity contribution is 7.31. The summed E-state index contributed by atoms with van der Waals surface area (Å²) >= 11 is 0. The quantitative estimate of drug-likeness (QED) is 0.463. The first-order valence-corrected chi connectivity index (χ1v) is 2.31. The zero-order valence-electron chi connectivity index (χ0n) is 2.60. The Morgan fingerprint density at radius 3 is 2.60 bits per heavy atom. The predicted octanol–water partition coefficient (Wildman–Crippen LogP) is 0.0958. The summed E-state index contributed by atoms with van der Waals surface area (Å²) in [6, 6.07) is 1.78.